The Balaban J connectivity index is 1.57. The van der Waals surface area contributed by atoms with Crippen LogP contribution in [0.15, 0.2) is 30.3 Å². The van der Waals surface area contributed by atoms with E-state index in [2.05, 4.69) is 4.98 Å². The number of aromatic nitrogens is 1. The summed E-state index contributed by atoms with van der Waals surface area (Å²) in [5.41, 5.74) is 2.71. The van der Waals surface area contributed by atoms with Crippen molar-refractivity contribution >= 4 is 11.7 Å². The molecular formula is C21H26N2O3. The number of hydrogen-bond donors (Lipinski definition) is 1. The number of para-hydroxylation sites is 1. The first-order chi connectivity index (χ1) is 12.5. The van der Waals surface area contributed by atoms with E-state index in [1.54, 1.807) is 0 Å². The lowest BCUT2D eigenvalue weighted by molar-refractivity contribution is 0.0655. The van der Waals surface area contributed by atoms with Crippen molar-refractivity contribution in [3.8, 4) is 5.75 Å². The van der Waals surface area contributed by atoms with Gasteiger partial charge in [-0.1, -0.05) is 18.2 Å². The second kappa shape index (κ2) is 7.77. The van der Waals surface area contributed by atoms with Crippen molar-refractivity contribution in [3.05, 3.63) is 52.8 Å². The van der Waals surface area contributed by atoms with Crippen LogP contribution in [0.2, 0.25) is 0 Å². The zero-order chi connectivity index (χ0) is 18.7. The highest BCUT2D eigenvalue weighted by Crippen LogP contribution is 2.24. The van der Waals surface area contributed by atoms with E-state index in [1.807, 2.05) is 49.1 Å². The van der Waals surface area contributed by atoms with Crippen LogP contribution in [0.3, 0.4) is 0 Å². The molecule has 1 amide bonds. The van der Waals surface area contributed by atoms with E-state index in [1.165, 1.54) is 6.92 Å². The summed E-state index contributed by atoms with van der Waals surface area (Å²) in [5, 5.41) is 0. The van der Waals surface area contributed by atoms with E-state index in [9.17, 15) is 9.59 Å². The monoisotopic (exact) mass is 354 g/mol. The Bertz CT molecular complexity index is 787. The minimum atomic E-state index is -0.0134. The van der Waals surface area contributed by atoms with E-state index in [0.29, 0.717) is 36.9 Å². The van der Waals surface area contributed by atoms with Gasteiger partial charge in [-0.15, -0.1) is 0 Å². The number of nitrogens with one attached hydrogen (secondary N) is 1. The summed E-state index contributed by atoms with van der Waals surface area (Å²) < 4.78 is 5.84. The Morgan fingerprint density at radius 2 is 1.81 bits per heavy atom. The predicted molar refractivity (Wildman–Crippen MR) is 101 cm³/mol. The van der Waals surface area contributed by atoms with Crippen molar-refractivity contribution in [3.63, 3.8) is 0 Å². The predicted octanol–water partition coefficient (Wildman–Crippen LogP) is 3.77. The molecule has 0 saturated carbocycles. The van der Waals surface area contributed by atoms with Crippen LogP contribution < -0.4 is 4.74 Å². The number of carbonyl (C=O) groups excluding carboxylic acids is 2. The van der Waals surface area contributed by atoms with Crippen molar-refractivity contribution < 1.29 is 14.3 Å². The highest BCUT2D eigenvalue weighted by atomic mass is 16.5. The Kier molecular flexibility index (Phi) is 5.45. The number of aromatic amines is 1. The number of Topliss-reactive ketones (excluding diaryl/α,β-unsaturated/α-hetero) is 1. The zero-order valence-electron chi connectivity index (χ0n) is 15.7. The molecule has 0 spiro atoms. The fourth-order valence-electron chi connectivity index (χ4n) is 3.68. The van der Waals surface area contributed by atoms with Crippen LogP contribution >= 0.6 is 0 Å². The van der Waals surface area contributed by atoms with Crippen LogP contribution in [0.4, 0.5) is 0 Å². The molecule has 1 saturated heterocycles. The summed E-state index contributed by atoms with van der Waals surface area (Å²) >= 11 is 0. The number of ether oxygens (including phenoxy) is 1. The normalized spacial score (nSPS) is 15.1. The van der Waals surface area contributed by atoms with E-state index in [-0.39, 0.29) is 11.7 Å². The van der Waals surface area contributed by atoms with Crippen molar-refractivity contribution in [2.45, 2.75) is 33.6 Å². The third kappa shape index (κ3) is 3.82. The largest absolute Gasteiger partial charge is 0.493 e. The smallest absolute Gasteiger partial charge is 0.270 e. The minimum absolute atomic E-state index is 0.00734. The molecule has 5 nitrogen and oxygen atoms in total. The van der Waals surface area contributed by atoms with E-state index >= 15 is 0 Å². The number of piperidine rings is 1. The summed E-state index contributed by atoms with van der Waals surface area (Å²) in [6.45, 7) is 7.33. The Morgan fingerprint density at radius 1 is 1.15 bits per heavy atom. The second-order valence-electron chi connectivity index (χ2n) is 7.04. The molecule has 1 aromatic carbocycles. The fourth-order valence-corrected chi connectivity index (χ4v) is 3.68. The molecule has 138 valence electrons. The van der Waals surface area contributed by atoms with Gasteiger partial charge < -0.3 is 14.6 Å². The molecular weight excluding hydrogens is 328 g/mol. The van der Waals surface area contributed by atoms with Gasteiger partial charge in [-0.2, -0.15) is 0 Å². The lowest BCUT2D eigenvalue weighted by Crippen LogP contribution is -2.40. The number of carbonyl (C=O) groups is 2. The van der Waals surface area contributed by atoms with Crippen molar-refractivity contribution in [1.82, 2.24) is 9.88 Å². The zero-order valence-corrected chi connectivity index (χ0v) is 15.7. The standard InChI is InChI=1S/C21H26N2O3/c1-14-19(16(3)24)15(2)22-20(14)21(25)23-11-9-17(10-12-23)13-26-18-7-5-4-6-8-18/h4-8,17,22H,9-13H2,1-3H3. The second-order valence-corrected chi connectivity index (χ2v) is 7.04. The van der Waals surface area contributed by atoms with Crippen molar-refractivity contribution in [1.29, 1.82) is 0 Å². The number of amides is 1. The average Bonchev–Trinajstić information content (AvgIpc) is 2.95. The van der Waals surface area contributed by atoms with E-state index in [0.717, 1.165) is 29.8 Å². The summed E-state index contributed by atoms with van der Waals surface area (Å²) in [5.74, 6) is 1.33. The van der Waals surface area contributed by atoms with Crippen LogP contribution in [0.5, 0.6) is 5.75 Å². The number of likely N-dealkylation sites (tertiary alicyclic amines) is 1. The minimum Gasteiger partial charge on any atom is -0.493 e. The molecule has 2 heterocycles. The van der Waals surface area contributed by atoms with Gasteiger partial charge in [0.05, 0.1) is 6.61 Å². The molecule has 1 aliphatic heterocycles. The third-order valence-electron chi connectivity index (χ3n) is 5.13. The van der Waals surface area contributed by atoms with Crippen LogP contribution in [-0.2, 0) is 0 Å². The summed E-state index contributed by atoms with van der Waals surface area (Å²) in [6.07, 6.45) is 1.85. The van der Waals surface area contributed by atoms with Crippen molar-refractivity contribution in [2.75, 3.05) is 19.7 Å². The molecule has 5 heteroatoms. The van der Waals surface area contributed by atoms with Gasteiger partial charge in [-0.05, 0) is 57.2 Å². The molecule has 2 aromatic rings. The number of H-pyrrole nitrogens is 1. The lowest BCUT2D eigenvalue weighted by atomic mass is 9.97. The maximum Gasteiger partial charge on any atom is 0.270 e. The topological polar surface area (TPSA) is 62.4 Å². The maximum absolute atomic E-state index is 12.8. The fraction of sp³-hybridized carbons (Fsp3) is 0.429. The third-order valence-corrected chi connectivity index (χ3v) is 5.13. The van der Waals surface area contributed by atoms with Gasteiger partial charge in [-0.25, -0.2) is 0 Å². The van der Waals surface area contributed by atoms with Gasteiger partial charge in [0.25, 0.3) is 5.91 Å². The molecule has 3 rings (SSSR count). The molecule has 1 fully saturated rings. The molecule has 26 heavy (non-hydrogen) atoms. The number of benzene rings is 1. The first-order valence-corrected chi connectivity index (χ1v) is 9.14. The summed E-state index contributed by atoms with van der Waals surface area (Å²) in [4.78, 5) is 29.6. The Labute approximate surface area is 154 Å². The molecule has 0 radical (unpaired) electrons. The first-order valence-electron chi connectivity index (χ1n) is 9.14. The van der Waals surface area contributed by atoms with Crippen LogP contribution in [0.1, 0.15) is 51.9 Å². The maximum atomic E-state index is 12.8. The van der Waals surface area contributed by atoms with Crippen molar-refractivity contribution in [2.24, 2.45) is 5.92 Å². The first kappa shape index (κ1) is 18.2. The molecule has 0 unspecified atom stereocenters. The van der Waals surface area contributed by atoms with E-state index in [4.69, 9.17) is 4.74 Å². The Morgan fingerprint density at radius 3 is 2.38 bits per heavy atom. The van der Waals surface area contributed by atoms with E-state index < -0.39 is 0 Å². The van der Waals surface area contributed by atoms with Crippen LogP contribution in [0, 0.1) is 19.8 Å². The van der Waals surface area contributed by atoms with Crippen LogP contribution in [0.25, 0.3) is 0 Å². The number of aryl methyl sites for hydroxylation is 1. The molecule has 0 atom stereocenters. The average molecular weight is 354 g/mol. The van der Waals surface area contributed by atoms with Gasteiger partial charge in [0.2, 0.25) is 0 Å². The number of nitrogens with zero attached hydrogens (tertiary/aromatic N) is 1. The molecule has 1 N–H and O–H groups in total. The SMILES string of the molecule is CC(=O)c1c(C)[nH]c(C(=O)N2CCC(COc3ccccc3)CC2)c1C. The molecule has 1 aliphatic rings. The molecule has 1 aromatic heterocycles. The quantitative estimate of drug-likeness (QED) is 0.832. The summed E-state index contributed by atoms with van der Waals surface area (Å²) in [7, 11) is 0. The van der Waals surface area contributed by atoms with Gasteiger partial charge in [0.15, 0.2) is 5.78 Å². The highest BCUT2D eigenvalue weighted by Gasteiger charge is 2.27. The van der Waals surface area contributed by atoms with Gasteiger partial charge in [-0.3, -0.25) is 9.59 Å². The summed E-state index contributed by atoms with van der Waals surface area (Å²) in [6, 6.07) is 9.82. The van der Waals surface area contributed by atoms with Crippen LogP contribution in [-0.4, -0.2) is 41.3 Å². The molecule has 0 aliphatic carbocycles. The number of ketones is 1. The number of rotatable bonds is 5. The molecule has 0 bridgehead atoms. The van der Waals surface area contributed by atoms with Gasteiger partial charge in [0.1, 0.15) is 11.4 Å². The van der Waals surface area contributed by atoms with Gasteiger partial charge in [0, 0.05) is 24.3 Å². The number of hydrogen-bond acceptors (Lipinski definition) is 3. The Hall–Kier alpha value is -2.56. The van der Waals surface area contributed by atoms with Gasteiger partial charge >= 0.3 is 0 Å². The lowest BCUT2D eigenvalue weighted by Gasteiger charge is -2.31. The highest BCUT2D eigenvalue weighted by molar-refractivity contribution is 6.02.